The summed E-state index contributed by atoms with van der Waals surface area (Å²) in [5.74, 6) is 0.0430. The van der Waals surface area contributed by atoms with Gasteiger partial charge >= 0.3 is 0 Å². The van der Waals surface area contributed by atoms with Crippen molar-refractivity contribution in [2.24, 2.45) is 0 Å². The summed E-state index contributed by atoms with van der Waals surface area (Å²) in [4.78, 5) is 11.1. The van der Waals surface area contributed by atoms with Gasteiger partial charge in [0, 0.05) is 26.1 Å². The molecule has 0 aliphatic rings. The highest BCUT2D eigenvalue weighted by Crippen LogP contribution is 1.81. The molecule has 0 radical (unpaired) electrons. The minimum atomic E-state index is 0.0430. The van der Waals surface area contributed by atoms with E-state index in [0.717, 1.165) is 0 Å². The van der Waals surface area contributed by atoms with Crippen LogP contribution in [-0.2, 0) is 4.79 Å². The van der Waals surface area contributed by atoms with Crippen LogP contribution in [0.2, 0.25) is 0 Å². The molecule has 0 fully saturated rings. The summed E-state index contributed by atoms with van der Waals surface area (Å²) in [7, 11) is 1.74. The molecule has 0 saturated carbocycles. The van der Waals surface area contributed by atoms with Crippen LogP contribution in [-0.4, -0.2) is 30.7 Å². The highest BCUT2D eigenvalue weighted by molar-refractivity contribution is 7.80. The third kappa shape index (κ3) is 7.52. The first kappa shape index (κ1) is 12.2. The van der Waals surface area contributed by atoms with Crippen LogP contribution in [0.3, 0.4) is 0 Å². The van der Waals surface area contributed by atoms with Crippen LogP contribution >= 0.6 is 12.2 Å². The van der Waals surface area contributed by atoms with Crippen LogP contribution in [0.5, 0.6) is 0 Å². The van der Waals surface area contributed by atoms with E-state index in [4.69, 9.17) is 12.2 Å². The lowest BCUT2D eigenvalue weighted by Gasteiger charge is -2.09. The summed E-state index contributed by atoms with van der Waals surface area (Å²) in [6, 6.07) is 0.198. The maximum absolute atomic E-state index is 11.1. The molecule has 0 saturated heterocycles. The second kappa shape index (κ2) is 6.65. The van der Waals surface area contributed by atoms with Gasteiger partial charge in [0.05, 0.1) is 0 Å². The molecule has 0 bridgehead atoms. The van der Waals surface area contributed by atoms with Crippen molar-refractivity contribution in [3.63, 3.8) is 0 Å². The summed E-state index contributed by atoms with van der Waals surface area (Å²) >= 11 is 4.84. The number of hydrogen-bond acceptors (Lipinski definition) is 2. The second-order valence-electron chi connectivity index (χ2n) is 2.98. The van der Waals surface area contributed by atoms with Crippen LogP contribution in [0.25, 0.3) is 0 Å². The quantitative estimate of drug-likeness (QED) is 0.563. The van der Waals surface area contributed by atoms with E-state index in [9.17, 15) is 4.79 Å². The maximum Gasteiger partial charge on any atom is 0.221 e. The molecule has 0 rings (SSSR count). The Bertz CT molecular complexity index is 182. The summed E-state index contributed by atoms with van der Waals surface area (Å²) < 4.78 is 0. The smallest absolute Gasteiger partial charge is 0.221 e. The highest BCUT2D eigenvalue weighted by atomic mass is 32.1. The lowest BCUT2D eigenvalue weighted by molar-refractivity contribution is -0.121. The van der Waals surface area contributed by atoms with E-state index in [-0.39, 0.29) is 11.9 Å². The molecule has 0 spiro atoms. The predicted molar refractivity (Wildman–Crippen MR) is 57.6 cm³/mol. The summed E-state index contributed by atoms with van der Waals surface area (Å²) in [5.41, 5.74) is 0. The normalized spacial score (nSPS) is 9.54. The third-order valence-corrected chi connectivity index (χ3v) is 1.66. The van der Waals surface area contributed by atoms with Crippen molar-refractivity contribution in [1.29, 1.82) is 0 Å². The number of carbonyl (C=O) groups is 1. The second-order valence-corrected chi connectivity index (χ2v) is 3.39. The molecule has 0 atom stereocenters. The van der Waals surface area contributed by atoms with Crippen LogP contribution in [0.15, 0.2) is 0 Å². The maximum atomic E-state index is 11.1. The average molecular weight is 203 g/mol. The zero-order valence-electron chi connectivity index (χ0n) is 8.31. The van der Waals surface area contributed by atoms with E-state index in [1.807, 2.05) is 13.8 Å². The predicted octanol–water partition coefficient (Wildman–Crippen LogP) is -0.00500. The molecule has 0 aliphatic carbocycles. The summed E-state index contributed by atoms with van der Waals surface area (Å²) in [6.07, 6.45) is 0.444. The molecule has 0 aromatic rings. The van der Waals surface area contributed by atoms with Gasteiger partial charge in [-0.05, 0) is 26.1 Å². The van der Waals surface area contributed by atoms with Crippen molar-refractivity contribution in [2.75, 3.05) is 13.6 Å². The van der Waals surface area contributed by atoms with Crippen molar-refractivity contribution in [2.45, 2.75) is 26.3 Å². The lowest BCUT2D eigenvalue weighted by Crippen LogP contribution is -2.37. The minimum Gasteiger partial charge on any atom is -0.366 e. The molecule has 0 unspecified atom stereocenters. The molecule has 4 nitrogen and oxygen atoms in total. The molecular weight excluding hydrogens is 186 g/mol. The van der Waals surface area contributed by atoms with Gasteiger partial charge in [0.2, 0.25) is 5.91 Å². The fourth-order valence-corrected chi connectivity index (χ4v) is 0.874. The molecular formula is C8H17N3OS. The summed E-state index contributed by atoms with van der Waals surface area (Å²) in [6.45, 7) is 4.44. The van der Waals surface area contributed by atoms with Gasteiger partial charge in [-0.1, -0.05) is 0 Å². The van der Waals surface area contributed by atoms with E-state index < -0.39 is 0 Å². The van der Waals surface area contributed by atoms with E-state index in [0.29, 0.717) is 18.1 Å². The zero-order chi connectivity index (χ0) is 10.3. The van der Waals surface area contributed by atoms with E-state index >= 15 is 0 Å². The van der Waals surface area contributed by atoms with Crippen LogP contribution in [0.1, 0.15) is 20.3 Å². The molecule has 3 N–H and O–H groups in total. The van der Waals surface area contributed by atoms with Gasteiger partial charge in [0.1, 0.15) is 0 Å². The fraction of sp³-hybridized carbons (Fsp3) is 0.750. The Kier molecular flexibility index (Phi) is 6.22. The molecule has 76 valence electrons. The van der Waals surface area contributed by atoms with Gasteiger partial charge < -0.3 is 16.0 Å². The number of thiocarbonyl (C=S) groups is 1. The molecule has 1 amide bonds. The van der Waals surface area contributed by atoms with E-state index in [1.54, 1.807) is 7.05 Å². The average Bonchev–Trinajstić information content (AvgIpc) is 2.02. The first-order valence-electron chi connectivity index (χ1n) is 4.31. The van der Waals surface area contributed by atoms with Gasteiger partial charge in [-0.25, -0.2) is 0 Å². The van der Waals surface area contributed by atoms with Crippen LogP contribution < -0.4 is 16.0 Å². The molecule has 13 heavy (non-hydrogen) atoms. The van der Waals surface area contributed by atoms with Crippen molar-refractivity contribution >= 4 is 23.2 Å². The van der Waals surface area contributed by atoms with Gasteiger partial charge in [-0.3, -0.25) is 4.79 Å². The number of amides is 1. The SMILES string of the molecule is CNC(=S)NCCC(=O)NC(C)C. The fourth-order valence-electron chi connectivity index (χ4n) is 0.772. The molecule has 5 heteroatoms. The number of hydrogen-bond donors (Lipinski definition) is 3. The summed E-state index contributed by atoms with van der Waals surface area (Å²) in [5, 5.41) is 9.02. The highest BCUT2D eigenvalue weighted by Gasteiger charge is 2.02. The van der Waals surface area contributed by atoms with Gasteiger partial charge in [0.15, 0.2) is 5.11 Å². The van der Waals surface area contributed by atoms with Gasteiger partial charge in [0.25, 0.3) is 0 Å². The molecule has 0 aromatic carbocycles. The topological polar surface area (TPSA) is 53.2 Å². The van der Waals surface area contributed by atoms with Gasteiger partial charge in [-0.15, -0.1) is 0 Å². The Balaban J connectivity index is 3.42. The van der Waals surface area contributed by atoms with Gasteiger partial charge in [-0.2, -0.15) is 0 Å². The number of nitrogens with one attached hydrogen (secondary N) is 3. The molecule has 0 heterocycles. The van der Waals surface area contributed by atoms with E-state index in [2.05, 4.69) is 16.0 Å². The Labute approximate surface area is 84.5 Å². The molecule has 0 aliphatic heterocycles. The van der Waals surface area contributed by atoms with Crippen LogP contribution in [0.4, 0.5) is 0 Å². The first-order chi connectivity index (χ1) is 6.06. The van der Waals surface area contributed by atoms with Crippen molar-refractivity contribution in [3.05, 3.63) is 0 Å². The lowest BCUT2D eigenvalue weighted by atomic mass is 10.3. The van der Waals surface area contributed by atoms with Crippen molar-refractivity contribution in [3.8, 4) is 0 Å². The number of rotatable bonds is 4. The monoisotopic (exact) mass is 203 g/mol. The largest absolute Gasteiger partial charge is 0.366 e. The Morgan fingerprint density at radius 3 is 2.54 bits per heavy atom. The van der Waals surface area contributed by atoms with Crippen molar-refractivity contribution in [1.82, 2.24) is 16.0 Å². The zero-order valence-corrected chi connectivity index (χ0v) is 9.12. The standard InChI is InChI=1S/C8H17N3OS/c1-6(2)11-7(12)4-5-10-8(13)9-3/h6H,4-5H2,1-3H3,(H,11,12)(H2,9,10,13). The third-order valence-electron chi connectivity index (χ3n) is 1.31. The first-order valence-corrected chi connectivity index (χ1v) is 4.72. The Morgan fingerprint density at radius 2 is 2.08 bits per heavy atom. The number of carbonyl (C=O) groups excluding carboxylic acids is 1. The Hall–Kier alpha value is -0.840. The molecule has 0 aromatic heterocycles. The van der Waals surface area contributed by atoms with E-state index in [1.165, 1.54) is 0 Å². The van der Waals surface area contributed by atoms with Crippen molar-refractivity contribution < 1.29 is 4.79 Å². The van der Waals surface area contributed by atoms with Crippen LogP contribution in [0, 0.1) is 0 Å². The Morgan fingerprint density at radius 1 is 1.46 bits per heavy atom. The minimum absolute atomic E-state index is 0.0430.